The minimum absolute atomic E-state index is 0.122. The van der Waals surface area contributed by atoms with Gasteiger partial charge in [-0.1, -0.05) is 29.8 Å². The van der Waals surface area contributed by atoms with Crippen LogP contribution in [0.15, 0.2) is 42.5 Å². The van der Waals surface area contributed by atoms with E-state index in [0.29, 0.717) is 13.1 Å². The standard InChI is InChI=1S/C14H12ClF2N/c15-13-6-3-11(7-14(13)17)9-18-8-10-1-4-12(16)5-2-10/h1-7,18H,8-9H2. The lowest BCUT2D eigenvalue weighted by Gasteiger charge is -2.06. The Morgan fingerprint density at radius 1 is 0.889 bits per heavy atom. The van der Waals surface area contributed by atoms with Crippen LogP contribution in [-0.2, 0) is 13.1 Å². The Hall–Kier alpha value is -1.45. The fourth-order valence-electron chi connectivity index (χ4n) is 1.60. The number of benzene rings is 2. The third-order valence-electron chi connectivity index (χ3n) is 2.56. The van der Waals surface area contributed by atoms with Gasteiger partial charge in [-0.15, -0.1) is 0 Å². The van der Waals surface area contributed by atoms with Crippen LogP contribution >= 0.6 is 11.6 Å². The van der Waals surface area contributed by atoms with Crippen LogP contribution in [0, 0.1) is 11.6 Å². The van der Waals surface area contributed by atoms with Crippen molar-refractivity contribution in [3.8, 4) is 0 Å². The molecule has 0 heterocycles. The average Bonchev–Trinajstić information content (AvgIpc) is 2.36. The smallest absolute Gasteiger partial charge is 0.142 e. The van der Waals surface area contributed by atoms with Gasteiger partial charge < -0.3 is 5.32 Å². The summed E-state index contributed by atoms with van der Waals surface area (Å²) < 4.78 is 25.9. The van der Waals surface area contributed by atoms with Crippen molar-refractivity contribution in [3.63, 3.8) is 0 Å². The first kappa shape index (κ1) is 13.0. The lowest BCUT2D eigenvalue weighted by molar-refractivity contribution is 0.618. The fraction of sp³-hybridized carbons (Fsp3) is 0.143. The van der Waals surface area contributed by atoms with E-state index in [9.17, 15) is 8.78 Å². The summed E-state index contributed by atoms with van der Waals surface area (Å²) in [6.07, 6.45) is 0. The van der Waals surface area contributed by atoms with Crippen LogP contribution in [0.2, 0.25) is 5.02 Å². The molecule has 0 spiro atoms. The topological polar surface area (TPSA) is 12.0 Å². The molecular formula is C14H12ClF2N. The Labute approximate surface area is 109 Å². The Morgan fingerprint density at radius 3 is 2.17 bits per heavy atom. The van der Waals surface area contributed by atoms with Crippen LogP contribution in [0.5, 0.6) is 0 Å². The van der Waals surface area contributed by atoms with Gasteiger partial charge in [0, 0.05) is 13.1 Å². The highest BCUT2D eigenvalue weighted by atomic mass is 35.5. The largest absolute Gasteiger partial charge is 0.309 e. The van der Waals surface area contributed by atoms with Gasteiger partial charge in [-0.05, 0) is 35.4 Å². The quantitative estimate of drug-likeness (QED) is 0.886. The molecule has 0 atom stereocenters. The second-order valence-electron chi connectivity index (χ2n) is 3.98. The maximum Gasteiger partial charge on any atom is 0.142 e. The molecule has 1 N–H and O–H groups in total. The zero-order valence-electron chi connectivity index (χ0n) is 9.59. The molecule has 1 nitrogen and oxygen atoms in total. The van der Waals surface area contributed by atoms with Crippen molar-refractivity contribution < 1.29 is 8.78 Å². The van der Waals surface area contributed by atoms with E-state index in [1.165, 1.54) is 24.3 Å². The molecule has 0 aliphatic heterocycles. The van der Waals surface area contributed by atoms with Crippen LogP contribution in [0.25, 0.3) is 0 Å². The van der Waals surface area contributed by atoms with E-state index in [-0.39, 0.29) is 10.8 Å². The Morgan fingerprint density at radius 2 is 1.50 bits per heavy atom. The van der Waals surface area contributed by atoms with Crippen LogP contribution < -0.4 is 5.32 Å². The van der Waals surface area contributed by atoms with Crippen LogP contribution in [0.3, 0.4) is 0 Å². The van der Waals surface area contributed by atoms with Crippen molar-refractivity contribution in [2.45, 2.75) is 13.1 Å². The zero-order valence-corrected chi connectivity index (χ0v) is 10.3. The Kier molecular flexibility index (Phi) is 4.28. The van der Waals surface area contributed by atoms with E-state index < -0.39 is 5.82 Å². The summed E-state index contributed by atoms with van der Waals surface area (Å²) in [4.78, 5) is 0. The van der Waals surface area contributed by atoms with E-state index in [2.05, 4.69) is 5.32 Å². The summed E-state index contributed by atoms with van der Waals surface area (Å²) in [5, 5.41) is 3.27. The van der Waals surface area contributed by atoms with Gasteiger partial charge in [-0.25, -0.2) is 8.78 Å². The molecule has 2 aromatic carbocycles. The lowest BCUT2D eigenvalue weighted by Crippen LogP contribution is -2.12. The monoisotopic (exact) mass is 267 g/mol. The minimum atomic E-state index is -0.419. The molecule has 4 heteroatoms. The molecule has 0 unspecified atom stereocenters. The first-order valence-corrected chi connectivity index (χ1v) is 5.92. The Balaban J connectivity index is 1.88. The molecule has 0 saturated carbocycles. The maximum absolute atomic E-state index is 13.2. The van der Waals surface area contributed by atoms with Gasteiger partial charge in [0.2, 0.25) is 0 Å². The van der Waals surface area contributed by atoms with E-state index in [1.807, 2.05) is 0 Å². The van der Waals surface area contributed by atoms with Gasteiger partial charge in [0.15, 0.2) is 0 Å². The number of halogens is 3. The van der Waals surface area contributed by atoms with Crippen molar-refractivity contribution in [1.29, 1.82) is 0 Å². The summed E-state index contributed by atoms with van der Waals surface area (Å²) in [5.41, 5.74) is 1.80. The molecule has 94 valence electrons. The van der Waals surface area contributed by atoms with Crippen LogP contribution in [0.4, 0.5) is 8.78 Å². The van der Waals surface area contributed by atoms with Gasteiger partial charge in [0.05, 0.1) is 5.02 Å². The van der Waals surface area contributed by atoms with Crippen molar-refractivity contribution in [2.75, 3.05) is 0 Å². The number of rotatable bonds is 4. The van der Waals surface area contributed by atoms with E-state index >= 15 is 0 Å². The van der Waals surface area contributed by atoms with E-state index in [4.69, 9.17) is 11.6 Å². The van der Waals surface area contributed by atoms with E-state index in [1.54, 1.807) is 18.2 Å². The molecule has 0 aliphatic carbocycles. The molecule has 0 aliphatic rings. The summed E-state index contributed by atoms with van der Waals surface area (Å²) in [5.74, 6) is -0.670. The van der Waals surface area contributed by atoms with Gasteiger partial charge in [0.25, 0.3) is 0 Å². The average molecular weight is 268 g/mol. The molecule has 18 heavy (non-hydrogen) atoms. The summed E-state index contributed by atoms with van der Waals surface area (Å²) in [6, 6.07) is 11.0. The molecule has 0 aromatic heterocycles. The third kappa shape index (κ3) is 3.52. The highest BCUT2D eigenvalue weighted by Crippen LogP contribution is 2.15. The molecule has 0 amide bonds. The first-order valence-electron chi connectivity index (χ1n) is 5.54. The Bertz CT molecular complexity index is 526. The highest BCUT2D eigenvalue weighted by Gasteiger charge is 2.01. The number of hydrogen-bond acceptors (Lipinski definition) is 1. The molecule has 2 rings (SSSR count). The molecule has 0 bridgehead atoms. The first-order chi connectivity index (χ1) is 8.65. The minimum Gasteiger partial charge on any atom is -0.309 e. The third-order valence-corrected chi connectivity index (χ3v) is 2.86. The summed E-state index contributed by atoms with van der Waals surface area (Å²) in [6.45, 7) is 1.13. The zero-order chi connectivity index (χ0) is 13.0. The molecule has 0 radical (unpaired) electrons. The van der Waals surface area contributed by atoms with Gasteiger partial charge in [0.1, 0.15) is 11.6 Å². The van der Waals surface area contributed by atoms with Gasteiger partial charge >= 0.3 is 0 Å². The van der Waals surface area contributed by atoms with Gasteiger partial charge in [-0.2, -0.15) is 0 Å². The molecule has 2 aromatic rings. The summed E-state index contributed by atoms with van der Waals surface area (Å²) >= 11 is 5.59. The lowest BCUT2D eigenvalue weighted by atomic mass is 10.2. The predicted octanol–water partition coefficient (Wildman–Crippen LogP) is 3.91. The van der Waals surface area contributed by atoms with Crippen molar-refractivity contribution >= 4 is 11.6 Å². The second kappa shape index (κ2) is 5.94. The van der Waals surface area contributed by atoms with Crippen molar-refractivity contribution in [2.24, 2.45) is 0 Å². The van der Waals surface area contributed by atoms with Gasteiger partial charge in [-0.3, -0.25) is 0 Å². The fourth-order valence-corrected chi connectivity index (χ4v) is 1.72. The number of nitrogens with one attached hydrogen (secondary N) is 1. The van der Waals surface area contributed by atoms with Crippen molar-refractivity contribution in [3.05, 3.63) is 70.2 Å². The number of hydrogen-bond donors (Lipinski definition) is 1. The maximum atomic E-state index is 13.2. The van der Waals surface area contributed by atoms with Crippen LogP contribution in [0.1, 0.15) is 11.1 Å². The second-order valence-corrected chi connectivity index (χ2v) is 4.39. The van der Waals surface area contributed by atoms with Crippen molar-refractivity contribution in [1.82, 2.24) is 5.32 Å². The SMILES string of the molecule is Fc1ccc(CNCc2ccc(Cl)c(F)c2)cc1. The molecule has 0 saturated heterocycles. The van der Waals surface area contributed by atoms with E-state index in [0.717, 1.165) is 11.1 Å². The summed E-state index contributed by atoms with van der Waals surface area (Å²) in [7, 11) is 0. The highest BCUT2D eigenvalue weighted by molar-refractivity contribution is 6.30. The van der Waals surface area contributed by atoms with Crippen LogP contribution in [-0.4, -0.2) is 0 Å². The molecule has 0 fully saturated rings. The predicted molar refractivity (Wildman–Crippen MR) is 68.4 cm³/mol. The molecular weight excluding hydrogens is 256 g/mol. The normalized spacial score (nSPS) is 10.6.